The Bertz CT molecular complexity index is 254. The second-order valence-electron chi connectivity index (χ2n) is 5.42. The molecule has 1 aromatic rings. The van der Waals surface area contributed by atoms with E-state index in [1.54, 1.807) is 0 Å². The Morgan fingerprint density at radius 3 is 2.19 bits per heavy atom. The van der Waals surface area contributed by atoms with Gasteiger partial charge in [0.25, 0.3) is 0 Å². The molecule has 0 saturated carbocycles. The highest BCUT2D eigenvalue weighted by molar-refractivity contribution is 7.09. The van der Waals surface area contributed by atoms with E-state index < -0.39 is 0 Å². The maximum atomic E-state index is 3.70. The molecule has 0 bridgehead atoms. The van der Waals surface area contributed by atoms with Crippen LogP contribution in [-0.2, 0) is 6.54 Å². The van der Waals surface area contributed by atoms with Crippen molar-refractivity contribution in [3.05, 3.63) is 22.4 Å². The van der Waals surface area contributed by atoms with Gasteiger partial charge in [-0.1, -0.05) is 33.8 Å². The molecule has 0 aromatic carbocycles. The van der Waals surface area contributed by atoms with Crippen LogP contribution in [0.4, 0.5) is 0 Å². The molecular weight excluding hydrogens is 214 g/mol. The molecule has 0 fully saturated rings. The molecule has 0 spiro atoms. The maximum absolute atomic E-state index is 3.70. The Hall–Kier alpha value is -0.340. The SMILES string of the molecule is CC(C)CC(CC(C)C)NCc1cccs1. The van der Waals surface area contributed by atoms with Crippen LogP contribution < -0.4 is 5.32 Å². The quantitative estimate of drug-likeness (QED) is 0.748. The zero-order chi connectivity index (χ0) is 12.0. The first kappa shape index (κ1) is 13.7. The molecule has 0 saturated heterocycles. The van der Waals surface area contributed by atoms with Crippen LogP contribution in [0.2, 0.25) is 0 Å². The van der Waals surface area contributed by atoms with Gasteiger partial charge in [-0.2, -0.15) is 0 Å². The normalized spacial score (nSPS) is 11.9. The highest BCUT2D eigenvalue weighted by Gasteiger charge is 2.12. The summed E-state index contributed by atoms with van der Waals surface area (Å²) < 4.78 is 0. The van der Waals surface area contributed by atoms with E-state index in [1.165, 1.54) is 17.7 Å². The van der Waals surface area contributed by atoms with E-state index in [0.29, 0.717) is 6.04 Å². The summed E-state index contributed by atoms with van der Waals surface area (Å²) in [6.45, 7) is 10.3. The van der Waals surface area contributed by atoms with Crippen LogP contribution in [0.5, 0.6) is 0 Å². The van der Waals surface area contributed by atoms with Gasteiger partial charge in [0.2, 0.25) is 0 Å². The lowest BCUT2D eigenvalue weighted by Gasteiger charge is -2.22. The summed E-state index contributed by atoms with van der Waals surface area (Å²) in [5, 5.41) is 5.84. The molecule has 16 heavy (non-hydrogen) atoms. The molecular formula is C14H25NS. The summed E-state index contributed by atoms with van der Waals surface area (Å²) >= 11 is 1.84. The summed E-state index contributed by atoms with van der Waals surface area (Å²) in [5.74, 6) is 1.55. The van der Waals surface area contributed by atoms with Gasteiger partial charge in [0.15, 0.2) is 0 Å². The molecule has 1 aromatic heterocycles. The van der Waals surface area contributed by atoms with Crippen molar-refractivity contribution in [2.24, 2.45) is 11.8 Å². The maximum Gasteiger partial charge on any atom is 0.0302 e. The van der Waals surface area contributed by atoms with E-state index in [9.17, 15) is 0 Å². The third-order valence-electron chi connectivity index (χ3n) is 2.66. The molecule has 0 aliphatic heterocycles. The van der Waals surface area contributed by atoms with Gasteiger partial charge in [-0.15, -0.1) is 11.3 Å². The summed E-state index contributed by atoms with van der Waals surface area (Å²) in [4.78, 5) is 1.44. The number of thiophene rings is 1. The van der Waals surface area contributed by atoms with Gasteiger partial charge in [0.1, 0.15) is 0 Å². The zero-order valence-electron chi connectivity index (χ0n) is 11.0. The van der Waals surface area contributed by atoms with Gasteiger partial charge in [0, 0.05) is 17.5 Å². The Labute approximate surface area is 104 Å². The standard InChI is InChI=1S/C14H25NS/c1-11(2)8-13(9-12(3)4)15-10-14-6-5-7-16-14/h5-7,11-13,15H,8-10H2,1-4H3. The van der Waals surface area contributed by atoms with E-state index in [4.69, 9.17) is 0 Å². The summed E-state index contributed by atoms with van der Waals surface area (Å²) in [5.41, 5.74) is 0. The molecule has 0 aliphatic carbocycles. The molecule has 0 aliphatic rings. The minimum Gasteiger partial charge on any atom is -0.309 e. The van der Waals surface area contributed by atoms with E-state index in [0.717, 1.165) is 18.4 Å². The highest BCUT2D eigenvalue weighted by Crippen LogP contribution is 2.15. The van der Waals surface area contributed by atoms with Crippen LogP contribution in [0.1, 0.15) is 45.4 Å². The summed E-state index contributed by atoms with van der Waals surface area (Å²) in [6, 6.07) is 5.00. The van der Waals surface area contributed by atoms with Crippen molar-refractivity contribution in [3.8, 4) is 0 Å². The smallest absolute Gasteiger partial charge is 0.0302 e. The van der Waals surface area contributed by atoms with Crippen molar-refractivity contribution >= 4 is 11.3 Å². The Kier molecular flexibility index (Phi) is 6.07. The topological polar surface area (TPSA) is 12.0 Å². The summed E-state index contributed by atoms with van der Waals surface area (Å²) in [7, 11) is 0. The minimum atomic E-state index is 0.669. The molecule has 1 rings (SSSR count). The molecule has 0 unspecified atom stereocenters. The molecule has 0 atom stereocenters. The second kappa shape index (κ2) is 7.08. The third-order valence-corrected chi connectivity index (χ3v) is 3.53. The fourth-order valence-corrected chi connectivity index (χ4v) is 2.71. The van der Waals surface area contributed by atoms with E-state index in [2.05, 4.69) is 50.5 Å². The highest BCUT2D eigenvalue weighted by atomic mass is 32.1. The minimum absolute atomic E-state index is 0.669. The number of hydrogen-bond donors (Lipinski definition) is 1. The average Bonchev–Trinajstić information content (AvgIpc) is 2.64. The van der Waals surface area contributed by atoms with E-state index >= 15 is 0 Å². The second-order valence-corrected chi connectivity index (χ2v) is 6.45. The molecule has 1 heterocycles. The lowest BCUT2D eigenvalue weighted by molar-refractivity contribution is 0.359. The largest absolute Gasteiger partial charge is 0.309 e. The fourth-order valence-electron chi connectivity index (χ4n) is 2.06. The van der Waals surface area contributed by atoms with Crippen LogP contribution in [-0.4, -0.2) is 6.04 Å². The first-order valence-corrected chi connectivity index (χ1v) is 7.21. The van der Waals surface area contributed by atoms with Gasteiger partial charge in [-0.3, -0.25) is 0 Å². The van der Waals surface area contributed by atoms with Crippen LogP contribution in [0.25, 0.3) is 0 Å². The van der Waals surface area contributed by atoms with Crippen molar-refractivity contribution in [1.29, 1.82) is 0 Å². The lowest BCUT2D eigenvalue weighted by atomic mass is 9.95. The van der Waals surface area contributed by atoms with Crippen molar-refractivity contribution in [2.45, 2.75) is 53.1 Å². The number of nitrogens with one attached hydrogen (secondary N) is 1. The monoisotopic (exact) mass is 239 g/mol. The van der Waals surface area contributed by atoms with Crippen LogP contribution in [0, 0.1) is 11.8 Å². The van der Waals surface area contributed by atoms with Crippen molar-refractivity contribution in [3.63, 3.8) is 0 Å². The van der Waals surface area contributed by atoms with Gasteiger partial charge < -0.3 is 5.32 Å². The van der Waals surface area contributed by atoms with Gasteiger partial charge in [-0.05, 0) is 36.1 Å². The predicted octanol–water partition coefficient (Wildman–Crippen LogP) is 4.30. The average molecular weight is 239 g/mol. The molecule has 0 amide bonds. The fraction of sp³-hybridized carbons (Fsp3) is 0.714. The molecule has 2 heteroatoms. The zero-order valence-corrected chi connectivity index (χ0v) is 11.8. The van der Waals surface area contributed by atoms with Crippen molar-refractivity contribution < 1.29 is 0 Å². The van der Waals surface area contributed by atoms with Gasteiger partial charge in [-0.25, -0.2) is 0 Å². The van der Waals surface area contributed by atoms with Crippen molar-refractivity contribution in [2.75, 3.05) is 0 Å². The van der Waals surface area contributed by atoms with Crippen LogP contribution >= 0.6 is 11.3 Å². The Balaban J connectivity index is 2.37. The molecule has 0 radical (unpaired) electrons. The van der Waals surface area contributed by atoms with E-state index in [1.807, 2.05) is 11.3 Å². The first-order valence-electron chi connectivity index (χ1n) is 6.33. The Morgan fingerprint density at radius 1 is 1.12 bits per heavy atom. The van der Waals surface area contributed by atoms with Crippen LogP contribution in [0.3, 0.4) is 0 Å². The van der Waals surface area contributed by atoms with Gasteiger partial charge in [0.05, 0.1) is 0 Å². The molecule has 1 N–H and O–H groups in total. The first-order chi connectivity index (χ1) is 7.58. The van der Waals surface area contributed by atoms with Crippen molar-refractivity contribution in [1.82, 2.24) is 5.32 Å². The summed E-state index contributed by atoms with van der Waals surface area (Å²) in [6.07, 6.45) is 2.56. The van der Waals surface area contributed by atoms with E-state index in [-0.39, 0.29) is 0 Å². The Morgan fingerprint density at radius 2 is 1.75 bits per heavy atom. The van der Waals surface area contributed by atoms with Crippen LogP contribution in [0.15, 0.2) is 17.5 Å². The third kappa shape index (κ3) is 5.66. The lowest BCUT2D eigenvalue weighted by Crippen LogP contribution is -2.31. The number of rotatable bonds is 7. The molecule has 92 valence electrons. The predicted molar refractivity (Wildman–Crippen MR) is 73.9 cm³/mol. The van der Waals surface area contributed by atoms with Gasteiger partial charge >= 0.3 is 0 Å². The molecule has 1 nitrogen and oxygen atoms in total. The number of hydrogen-bond acceptors (Lipinski definition) is 2.